The Morgan fingerprint density at radius 3 is 2.24 bits per heavy atom. The third kappa shape index (κ3) is 5.18. The van der Waals surface area contributed by atoms with Gasteiger partial charge in [0, 0.05) is 22.1 Å². The van der Waals surface area contributed by atoms with Gasteiger partial charge in [0.25, 0.3) is 17.7 Å². The van der Waals surface area contributed by atoms with Crippen LogP contribution in [0.3, 0.4) is 0 Å². The van der Waals surface area contributed by atoms with Crippen LogP contribution in [0.25, 0.3) is 0 Å². The second kappa shape index (κ2) is 9.77. The monoisotopic (exact) mass is 570 g/mol. The lowest BCUT2D eigenvalue weighted by Crippen LogP contribution is -2.47. The largest absolute Gasteiger partial charge is 0.329 e. The number of fused-ring (bicyclic) bond motifs is 2. The highest BCUT2D eigenvalue weighted by Crippen LogP contribution is 2.30. The molecule has 5 rings (SSSR count). The number of hydrogen-bond donors (Lipinski definition) is 0. The zero-order valence-electron chi connectivity index (χ0n) is 21.0. The van der Waals surface area contributed by atoms with Crippen molar-refractivity contribution in [1.82, 2.24) is 9.80 Å². The fourth-order valence-corrected chi connectivity index (χ4v) is 5.73. The van der Waals surface area contributed by atoms with Crippen LogP contribution in [0.1, 0.15) is 47.8 Å². The highest BCUT2D eigenvalue weighted by molar-refractivity contribution is 9.10. The summed E-state index contributed by atoms with van der Waals surface area (Å²) in [7, 11) is -1.53. The van der Waals surface area contributed by atoms with Gasteiger partial charge in [-0.1, -0.05) is 65.8 Å². The fraction of sp³-hybridized carbons (Fsp3) is 0.233. The standard InChI is InChI=1S/C30H27BrN2O3Si/c1-37(2,3)14-13-20-7-6-8-21(15-20)16-24(32-18-22-17-23(31)11-12-25(22)28(32)34)19-33-29(35)26-9-4-5-10-27(26)30(33)36/h4-12,15,17,24H,16,18-19H2,1-3H3/t24-/m0/s1. The molecule has 0 saturated heterocycles. The van der Waals surface area contributed by atoms with Crippen molar-refractivity contribution in [2.45, 2.75) is 38.6 Å². The maximum Gasteiger partial charge on any atom is 0.261 e. The summed E-state index contributed by atoms with van der Waals surface area (Å²) >= 11 is 3.50. The molecule has 0 aliphatic carbocycles. The molecule has 3 aromatic rings. The third-order valence-corrected chi connectivity index (χ3v) is 7.96. The lowest BCUT2D eigenvalue weighted by Gasteiger charge is -2.31. The quantitative estimate of drug-likeness (QED) is 0.230. The first-order valence-corrected chi connectivity index (χ1v) is 16.6. The number of nitrogens with zero attached hydrogens (tertiary/aromatic N) is 2. The van der Waals surface area contributed by atoms with Crippen LogP contribution >= 0.6 is 15.9 Å². The zero-order chi connectivity index (χ0) is 26.3. The molecule has 1 atom stereocenters. The average molecular weight is 572 g/mol. The maximum atomic E-state index is 13.5. The van der Waals surface area contributed by atoms with Gasteiger partial charge in [0.05, 0.1) is 23.7 Å². The van der Waals surface area contributed by atoms with Gasteiger partial charge in [-0.2, -0.15) is 0 Å². The van der Waals surface area contributed by atoms with Crippen LogP contribution in [0.15, 0.2) is 71.2 Å². The highest BCUT2D eigenvalue weighted by Gasteiger charge is 2.40. The molecule has 2 heterocycles. The van der Waals surface area contributed by atoms with Crippen molar-refractivity contribution in [3.63, 3.8) is 0 Å². The van der Waals surface area contributed by atoms with Gasteiger partial charge < -0.3 is 4.90 Å². The molecule has 5 nitrogen and oxygen atoms in total. The number of carbonyl (C=O) groups excluding carboxylic acids is 3. The van der Waals surface area contributed by atoms with Gasteiger partial charge in [-0.25, -0.2) is 0 Å². The van der Waals surface area contributed by atoms with E-state index in [2.05, 4.69) is 47.0 Å². The second-order valence-electron chi connectivity index (χ2n) is 10.6. The van der Waals surface area contributed by atoms with Gasteiger partial charge in [0.1, 0.15) is 8.07 Å². The van der Waals surface area contributed by atoms with Gasteiger partial charge in [-0.15, -0.1) is 5.54 Å². The average Bonchev–Trinajstić information content (AvgIpc) is 3.31. The molecule has 37 heavy (non-hydrogen) atoms. The summed E-state index contributed by atoms with van der Waals surface area (Å²) in [6, 6.07) is 20.2. The van der Waals surface area contributed by atoms with E-state index in [0.717, 1.165) is 21.2 Å². The number of imide groups is 1. The summed E-state index contributed by atoms with van der Waals surface area (Å²) in [6.07, 6.45) is 0.497. The van der Waals surface area contributed by atoms with Crippen molar-refractivity contribution in [2.24, 2.45) is 0 Å². The van der Waals surface area contributed by atoms with Crippen molar-refractivity contribution in [1.29, 1.82) is 0 Å². The summed E-state index contributed by atoms with van der Waals surface area (Å²) in [5.74, 6) is 2.59. The molecule has 0 aromatic heterocycles. The SMILES string of the molecule is C[Si](C)(C)C#Cc1cccc(C[C@@H](CN2C(=O)c3ccccc3C2=O)N2Cc3cc(Br)ccc3C2=O)c1. The first kappa shape index (κ1) is 25.2. The molecule has 7 heteroatoms. The van der Waals surface area contributed by atoms with Crippen LogP contribution in [-0.2, 0) is 13.0 Å². The van der Waals surface area contributed by atoms with E-state index < -0.39 is 8.07 Å². The van der Waals surface area contributed by atoms with Crippen molar-refractivity contribution < 1.29 is 14.4 Å². The van der Waals surface area contributed by atoms with Gasteiger partial charge in [0.15, 0.2) is 0 Å². The Kier molecular flexibility index (Phi) is 6.65. The summed E-state index contributed by atoms with van der Waals surface area (Å²) in [5, 5.41) is 0. The molecular formula is C30H27BrN2O3Si. The normalized spacial score (nSPS) is 15.4. The van der Waals surface area contributed by atoms with Crippen LogP contribution in [0.4, 0.5) is 0 Å². The van der Waals surface area contributed by atoms with E-state index in [1.54, 1.807) is 29.2 Å². The summed E-state index contributed by atoms with van der Waals surface area (Å²) in [6.45, 7) is 7.17. The van der Waals surface area contributed by atoms with E-state index in [4.69, 9.17) is 0 Å². The summed E-state index contributed by atoms with van der Waals surface area (Å²) < 4.78 is 0.909. The predicted octanol–water partition coefficient (Wildman–Crippen LogP) is 5.54. The van der Waals surface area contributed by atoms with Crippen LogP contribution in [-0.4, -0.2) is 48.2 Å². The van der Waals surface area contributed by atoms with Crippen LogP contribution in [0.2, 0.25) is 19.6 Å². The number of halogens is 1. The number of benzene rings is 3. The van der Waals surface area contributed by atoms with Crippen LogP contribution in [0, 0.1) is 11.5 Å². The molecule has 2 aliphatic heterocycles. The molecule has 0 saturated carbocycles. The molecule has 0 unspecified atom stereocenters. The maximum absolute atomic E-state index is 13.5. The molecule has 186 valence electrons. The molecule has 3 amide bonds. The molecule has 0 bridgehead atoms. The lowest BCUT2D eigenvalue weighted by molar-refractivity contribution is 0.0528. The Bertz CT molecular complexity index is 1460. The van der Waals surface area contributed by atoms with Crippen LogP contribution < -0.4 is 0 Å². The summed E-state index contributed by atoms with van der Waals surface area (Å²) in [4.78, 5) is 42.9. The van der Waals surface area contributed by atoms with Crippen molar-refractivity contribution >= 4 is 41.7 Å². The molecule has 2 aliphatic rings. The fourth-order valence-electron chi connectivity index (χ4n) is 4.80. The first-order valence-electron chi connectivity index (χ1n) is 12.3. The number of amides is 3. The van der Waals surface area contributed by atoms with Gasteiger partial charge in [0.2, 0.25) is 0 Å². The van der Waals surface area contributed by atoms with E-state index >= 15 is 0 Å². The topological polar surface area (TPSA) is 57.7 Å². The highest BCUT2D eigenvalue weighted by atomic mass is 79.9. The van der Waals surface area contributed by atoms with E-state index in [-0.39, 0.29) is 30.3 Å². The minimum atomic E-state index is -1.53. The van der Waals surface area contributed by atoms with E-state index in [9.17, 15) is 14.4 Å². The molecular weight excluding hydrogens is 544 g/mol. The molecule has 0 radical (unpaired) electrons. The van der Waals surface area contributed by atoms with E-state index in [1.165, 1.54) is 4.90 Å². The minimum absolute atomic E-state index is 0.0845. The molecule has 0 N–H and O–H groups in total. The Morgan fingerprint density at radius 2 is 1.57 bits per heavy atom. The van der Waals surface area contributed by atoms with E-state index in [0.29, 0.717) is 29.7 Å². The van der Waals surface area contributed by atoms with Crippen molar-refractivity contribution in [2.75, 3.05) is 6.54 Å². The van der Waals surface area contributed by atoms with Crippen molar-refractivity contribution in [3.05, 3.63) is 105 Å². The Morgan fingerprint density at radius 1 is 0.865 bits per heavy atom. The molecule has 0 spiro atoms. The van der Waals surface area contributed by atoms with Crippen LogP contribution in [0.5, 0.6) is 0 Å². The zero-order valence-corrected chi connectivity index (χ0v) is 23.6. The lowest BCUT2D eigenvalue weighted by atomic mass is 10.0. The first-order chi connectivity index (χ1) is 17.6. The van der Waals surface area contributed by atoms with Gasteiger partial charge >= 0.3 is 0 Å². The minimum Gasteiger partial charge on any atom is -0.329 e. The van der Waals surface area contributed by atoms with Crippen molar-refractivity contribution in [3.8, 4) is 11.5 Å². The molecule has 3 aromatic carbocycles. The number of carbonyl (C=O) groups is 3. The number of rotatable bonds is 5. The third-order valence-electron chi connectivity index (χ3n) is 6.59. The Labute approximate surface area is 226 Å². The smallest absolute Gasteiger partial charge is 0.261 e. The second-order valence-corrected chi connectivity index (χ2v) is 16.2. The van der Waals surface area contributed by atoms with Gasteiger partial charge in [-0.3, -0.25) is 19.3 Å². The van der Waals surface area contributed by atoms with E-state index in [1.807, 2.05) is 42.5 Å². The predicted molar refractivity (Wildman–Crippen MR) is 150 cm³/mol. The summed E-state index contributed by atoms with van der Waals surface area (Å²) in [5.41, 5.74) is 7.75. The Balaban J connectivity index is 1.47. The Hall–Kier alpha value is -3.47. The van der Waals surface area contributed by atoms with Gasteiger partial charge in [-0.05, 0) is 60.0 Å². The number of hydrogen-bond acceptors (Lipinski definition) is 3. The molecule has 0 fully saturated rings.